The number of nitrogens with zero attached hydrogens (tertiary/aromatic N) is 1. The molecule has 0 aromatic heterocycles. The van der Waals surface area contributed by atoms with E-state index in [-0.39, 0.29) is 11.0 Å². The molecule has 30 heavy (non-hydrogen) atoms. The fourth-order valence-corrected chi connectivity index (χ4v) is 4.69. The zero-order valence-electron chi connectivity index (χ0n) is 17.8. The highest BCUT2D eigenvalue weighted by Gasteiger charge is 2.21. The average Bonchev–Trinajstić information content (AvgIpc) is 2.77. The smallest absolute Gasteiger partial charge is 0.240 e. The molecule has 7 heteroatoms. The van der Waals surface area contributed by atoms with Crippen LogP contribution in [-0.4, -0.2) is 52.7 Å². The van der Waals surface area contributed by atoms with Gasteiger partial charge < -0.3 is 9.47 Å². The lowest BCUT2D eigenvalue weighted by Crippen LogP contribution is -2.39. The zero-order chi connectivity index (χ0) is 21.4. The molecule has 1 atom stereocenters. The van der Waals surface area contributed by atoms with Crippen molar-refractivity contribution in [1.82, 2.24) is 9.62 Å². The Morgan fingerprint density at radius 3 is 2.73 bits per heavy atom. The molecule has 0 spiro atoms. The number of hydrogen-bond donors (Lipinski definition) is 1. The number of ether oxygens (including phenoxy) is 2. The molecular weight excluding hydrogens is 400 g/mol. The standard InChI is InChI=1S/C23H32N2O4S/c1-3-15-28-22-11-10-21(17-19(22)2)30(26,27)24-12-7-13-25-14-16-29-23(18-25)20-8-5-4-6-9-20/h4-6,8-11,17,23-24H,3,7,12-16,18H2,1-2H3/t23-/m0/s1. The lowest BCUT2D eigenvalue weighted by Gasteiger charge is -2.33. The summed E-state index contributed by atoms with van der Waals surface area (Å²) in [6, 6.07) is 15.2. The van der Waals surface area contributed by atoms with Crippen LogP contribution < -0.4 is 9.46 Å². The van der Waals surface area contributed by atoms with Gasteiger partial charge >= 0.3 is 0 Å². The molecule has 1 aliphatic heterocycles. The highest BCUT2D eigenvalue weighted by molar-refractivity contribution is 7.89. The van der Waals surface area contributed by atoms with Crippen molar-refractivity contribution in [3.63, 3.8) is 0 Å². The molecular formula is C23H32N2O4S. The van der Waals surface area contributed by atoms with Crippen LogP contribution in [0.3, 0.4) is 0 Å². The van der Waals surface area contributed by atoms with Crippen molar-refractivity contribution >= 4 is 10.0 Å². The largest absolute Gasteiger partial charge is 0.493 e. The van der Waals surface area contributed by atoms with Crippen molar-refractivity contribution in [2.24, 2.45) is 0 Å². The third kappa shape index (κ3) is 6.28. The molecule has 0 aliphatic carbocycles. The third-order valence-corrected chi connectivity index (χ3v) is 6.64. The number of aryl methyl sites for hydroxylation is 1. The normalized spacial score (nSPS) is 17.7. The number of morpholine rings is 1. The van der Waals surface area contributed by atoms with E-state index in [0.29, 0.717) is 19.8 Å². The summed E-state index contributed by atoms with van der Waals surface area (Å²) in [7, 11) is -3.53. The summed E-state index contributed by atoms with van der Waals surface area (Å²) in [4.78, 5) is 2.61. The Morgan fingerprint density at radius 2 is 2.00 bits per heavy atom. The second kappa shape index (κ2) is 10.9. The molecule has 0 radical (unpaired) electrons. The van der Waals surface area contributed by atoms with Gasteiger partial charge in [-0.1, -0.05) is 37.3 Å². The van der Waals surface area contributed by atoms with Gasteiger partial charge in [0.15, 0.2) is 0 Å². The van der Waals surface area contributed by atoms with Crippen LogP contribution in [0.15, 0.2) is 53.4 Å². The summed E-state index contributed by atoms with van der Waals surface area (Å²) in [5.74, 6) is 0.732. The predicted molar refractivity (Wildman–Crippen MR) is 118 cm³/mol. The predicted octanol–water partition coefficient (Wildman–Crippen LogP) is 3.53. The van der Waals surface area contributed by atoms with E-state index in [1.54, 1.807) is 18.2 Å². The minimum atomic E-state index is -3.53. The van der Waals surface area contributed by atoms with Gasteiger partial charge in [0, 0.05) is 19.6 Å². The topological polar surface area (TPSA) is 67.9 Å². The van der Waals surface area contributed by atoms with Crippen molar-refractivity contribution in [1.29, 1.82) is 0 Å². The van der Waals surface area contributed by atoms with Crippen LogP contribution >= 0.6 is 0 Å². The van der Waals surface area contributed by atoms with Crippen molar-refractivity contribution < 1.29 is 17.9 Å². The fourth-order valence-electron chi connectivity index (χ4n) is 3.53. The average molecular weight is 433 g/mol. The molecule has 0 saturated carbocycles. The quantitative estimate of drug-likeness (QED) is 0.582. The molecule has 1 N–H and O–H groups in total. The van der Waals surface area contributed by atoms with E-state index in [1.807, 2.05) is 32.0 Å². The van der Waals surface area contributed by atoms with Crippen LogP contribution in [0.25, 0.3) is 0 Å². The summed E-state index contributed by atoms with van der Waals surface area (Å²) >= 11 is 0. The molecule has 3 rings (SSSR count). The molecule has 1 fully saturated rings. The van der Waals surface area contributed by atoms with E-state index in [2.05, 4.69) is 21.8 Å². The van der Waals surface area contributed by atoms with Crippen molar-refractivity contribution in [3.05, 3.63) is 59.7 Å². The molecule has 0 unspecified atom stereocenters. The van der Waals surface area contributed by atoms with Crippen LogP contribution in [-0.2, 0) is 14.8 Å². The second-order valence-corrected chi connectivity index (χ2v) is 9.36. The molecule has 1 saturated heterocycles. The fraction of sp³-hybridized carbons (Fsp3) is 0.478. The maximum atomic E-state index is 12.6. The Hall–Kier alpha value is -1.93. The van der Waals surface area contributed by atoms with Gasteiger partial charge in [0.05, 0.1) is 24.2 Å². The lowest BCUT2D eigenvalue weighted by atomic mass is 10.1. The van der Waals surface area contributed by atoms with Crippen LogP contribution in [0.5, 0.6) is 5.75 Å². The summed E-state index contributed by atoms with van der Waals surface area (Å²) in [6.07, 6.45) is 1.74. The van der Waals surface area contributed by atoms with Gasteiger partial charge in [0.1, 0.15) is 5.75 Å². The Morgan fingerprint density at radius 1 is 1.20 bits per heavy atom. The number of sulfonamides is 1. The summed E-state index contributed by atoms with van der Waals surface area (Å²) in [5.41, 5.74) is 2.01. The molecule has 2 aromatic carbocycles. The molecule has 0 amide bonds. The Kier molecular flexibility index (Phi) is 8.27. The molecule has 1 aliphatic rings. The third-order valence-electron chi connectivity index (χ3n) is 5.18. The van der Waals surface area contributed by atoms with Gasteiger partial charge in [-0.3, -0.25) is 4.90 Å². The number of nitrogens with one attached hydrogen (secondary N) is 1. The van der Waals surface area contributed by atoms with Gasteiger partial charge in [-0.25, -0.2) is 13.1 Å². The monoisotopic (exact) mass is 432 g/mol. The van der Waals surface area contributed by atoms with Gasteiger partial charge in [-0.05, 0) is 55.6 Å². The van der Waals surface area contributed by atoms with Crippen molar-refractivity contribution in [3.8, 4) is 5.75 Å². The molecule has 6 nitrogen and oxygen atoms in total. The first-order chi connectivity index (χ1) is 14.5. The lowest BCUT2D eigenvalue weighted by molar-refractivity contribution is -0.0300. The van der Waals surface area contributed by atoms with Crippen LogP contribution in [0.4, 0.5) is 0 Å². The Bertz CT molecular complexity index is 903. The number of rotatable bonds is 10. The van der Waals surface area contributed by atoms with Crippen molar-refractivity contribution in [2.75, 3.05) is 39.4 Å². The summed E-state index contributed by atoms with van der Waals surface area (Å²) in [5, 5.41) is 0. The Labute approximate surface area is 180 Å². The van der Waals surface area contributed by atoms with Crippen LogP contribution in [0, 0.1) is 6.92 Å². The second-order valence-electron chi connectivity index (χ2n) is 7.60. The minimum Gasteiger partial charge on any atom is -0.493 e. The van der Waals surface area contributed by atoms with Gasteiger partial charge in [-0.15, -0.1) is 0 Å². The van der Waals surface area contributed by atoms with Gasteiger partial charge in [0.25, 0.3) is 0 Å². The molecule has 2 aromatic rings. The maximum absolute atomic E-state index is 12.6. The molecule has 0 bridgehead atoms. The van der Waals surface area contributed by atoms with E-state index in [9.17, 15) is 8.42 Å². The first-order valence-electron chi connectivity index (χ1n) is 10.6. The summed E-state index contributed by atoms with van der Waals surface area (Å²) < 4.78 is 39.5. The van der Waals surface area contributed by atoms with E-state index in [0.717, 1.165) is 43.8 Å². The zero-order valence-corrected chi connectivity index (χ0v) is 18.7. The van der Waals surface area contributed by atoms with E-state index in [1.165, 1.54) is 5.56 Å². The van der Waals surface area contributed by atoms with Crippen LogP contribution in [0.1, 0.15) is 37.0 Å². The summed E-state index contributed by atoms with van der Waals surface area (Å²) in [6.45, 7) is 8.15. The Balaban J connectivity index is 1.47. The molecule has 1 heterocycles. The number of benzene rings is 2. The minimum absolute atomic E-state index is 0.0769. The first-order valence-corrected chi connectivity index (χ1v) is 12.1. The number of hydrogen-bond acceptors (Lipinski definition) is 5. The highest BCUT2D eigenvalue weighted by atomic mass is 32.2. The maximum Gasteiger partial charge on any atom is 0.240 e. The highest BCUT2D eigenvalue weighted by Crippen LogP contribution is 2.23. The van der Waals surface area contributed by atoms with Gasteiger partial charge in [0.2, 0.25) is 10.0 Å². The SMILES string of the molecule is CCCOc1ccc(S(=O)(=O)NCCCN2CCO[C@H](c3ccccc3)C2)cc1C. The van der Waals surface area contributed by atoms with E-state index < -0.39 is 10.0 Å². The van der Waals surface area contributed by atoms with E-state index >= 15 is 0 Å². The van der Waals surface area contributed by atoms with E-state index in [4.69, 9.17) is 9.47 Å². The molecule has 164 valence electrons. The van der Waals surface area contributed by atoms with Gasteiger partial charge in [-0.2, -0.15) is 0 Å². The first kappa shape index (κ1) is 22.7. The van der Waals surface area contributed by atoms with Crippen molar-refractivity contribution in [2.45, 2.75) is 37.7 Å². The van der Waals surface area contributed by atoms with Crippen LogP contribution in [0.2, 0.25) is 0 Å².